The molecule has 5 heteroatoms. The van der Waals surface area contributed by atoms with E-state index >= 15 is 0 Å². The van der Waals surface area contributed by atoms with Gasteiger partial charge in [0.25, 0.3) is 0 Å². The molecule has 3 aromatic rings. The van der Waals surface area contributed by atoms with Crippen molar-refractivity contribution >= 4 is 11.0 Å². The van der Waals surface area contributed by atoms with Gasteiger partial charge in [-0.2, -0.15) is 0 Å². The maximum absolute atomic E-state index is 12.1. The van der Waals surface area contributed by atoms with E-state index < -0.39 is 0 Å². The van der Waals surface area contributed by atoms with Crippen LogP contribution in [0.1, 0.15) is 24.0 Å². The largest absolute Gasteiger partial charge is 0.497 e. The Hall–Kier alpha value is -2.63. The van der Waals surface area contributed by atoms with Gasteiger partial charge in [0.05, 0.1) is 13.2 Å². The first-order chi connectivity index (χ1) is 13.7. The van der Waals surface area contributed by atoms with Crippen LogP contribution in [0.25, 0.3) is 11.0 Å². The molecule has 2 heterocycles. The fourth-order valence-electron chi connectivity index (χ4n) is 3.81. The summed E-state index contributed by atoms with van der Waals surface area (Å²) in [6.07, 6.45) is 2.44. The van der Waals surface area contributed by atoms with E-state index in [0.29, 0.717) is 17.9 Å². The quantitative estimate of drug-likeness (QED) is 0.581. The van der Waals surface area contributed by atoms with E-state index in [1.54, 1.807) is 19.2 Å². The van der Waals surface area contributed by atoms with Gasteiger partial charge in [-0.05, 0) is 36.1 Å². The third-order valence-corrected chi connectivity index (χ3v) is 5.17. The average molecular weight is 379 g/mol. The average Bonchev–Trinajstić information content (AvgIpc) is 3.21. The van der Waals surface area contributed by atoms with Gasteiger partial charge in [0.15, 0.2) is 0 Å². The first-order valence-electron chi connectivity index (χ1n) is 9.70. The van der Waals surface area contributed by atoms with E-state index in [-0.39, 0.29) is 11.7 Å². The smallest absolute Gasteiger partial charge is 0.336 e. The lowest BCUT2D eigenvalue weighted by atomic mass is 10.1. The zero-order chi connectivity index (χ0) is 19.3. The van der Waals surface area contributed by atoms with E-state index in [2.05, 4.69) is 29.2 Å². The number of methoxy groups -OCH3 is 1. The maximum atomic E-state index is 12.1. The van der Waals surface area contributed by atoms with Crippen molar-refractivity contribution in [2.24, 2.45) is 0 Å². The molecule has 0 bridgehead atoms. The van der Waals surface area contributed by atoms with Gasteiger partial charge >= 0.3 is 5.63 Å². The molecule has 1 aliphatic rings. The Bertz CT molecular complexity index is 977. The van der Waals surface area contributed by atoms with Gasteiger partial charge in [-0.3, -0.25) is 4.90 Å². The molecule has 1 aromatic heterocycles. The van der Waals surface area contributed by atoms with Crippen LogP contribution in [0, 0.1) is 0 Å². The minimum atomic E-state index is -0.340. The van der Waals surface area contributed by atoms with Crippen molar-refractivity contribution in [2.45, 2.75) is 32.0 Å². The minimum absolute atomic E-state index is 0.246. The molecule has 4 rings (SSSR count). The highest BCUT2D eigenvalue weighted by Crippen LogP contribution is 2.25. The maximum Gasteiger partial charge on any atom is 0.336 e. The number of ether oxygens (including phenoxy) is 2. The first kappa shape index (κ1) is 18.7. The topological polar surface area (TPSA) is 51.9 Å². The van der Waals surface area contributed by atoms with E-state index in [9.17, 15) is 4.79 Å². The summed E-state index contributed by atoms with van der Waals surface area (Å²) >= 11 is 0. The van der Waals surface area contributed by atoms with Crippen LogP contribution >= 0.6 is 0 Å². The lowest BCUT2D eigenvalue weighted by Crippen LogP contribution is -2.31. The molecule has 1 unspecified atom stereocenters. The van der Waals surface area contributed by atoms with Crippen LogP contribution < -0.4 is 10.4 Å². The Morgan fingerprint density at radius 1 is 1.11 bits per heavy atom. The highest BCUT2D eigenvalue weighted by atomic mass is 16.5. The molecule has 1 fully saturated rings. The molecule has 1 atom stereocenters. The molecule has 0 spiro atoms. The normalized spacial score (nSPS) is 16.7. The first-order valence-corrected chi connectivity index (χ1v) is 9.70. The van der Waals surface area contributed by atoms with Crippen molar-refractivity contribution in [3.8, 4) is 5.75 Å². The van der Waals surface area contributed by atoms with Crippen molar-refractivity contribution in [3.05, 3.63) is 76.1 Å². The molecule has 0 radical (unpaired) electrons. The standard InChI is InChI=1S/C23H25NO4/c1-26-19-9-10-21-18(12-23(25)28-22(21)13-19)15-24(16-20-8-5-11-27-20)14-17-6-3-2-4-7-17/h2-4,6-7,9-10,12-13,20H,5,8,11,14-16H2,1H3. The summed E-state index contributed by atoms with van der Waals surface area (Å²) in [7, 11) is 1.60. The van der Waals surface area contributed by atoms with Crippen molar-refractivity contribution in [1.82, 2.24) is 4.90 Å². The molecule has 146 valence electrons. The van der Waals surface area contributed by atoms with E-state index in [4.69, 9.17) is 13.9 Å². The number of hydrogen-bond acceptors (Lipinski definition) is 5. The molecule has 1 aliphatic heterocycles. The van der Waals surface area contributed by atoms with Gasteiger partial charge in [-0.25, -0.2) is 4.79 Å². The van der Waals surface area contributed by atoms with Gasteiger partial charge < -0.3 is 13.9 Å². The van der Waals surface area contributed by atoms with Crippen LogP contribution in [-0.2, 0) is 17.8 Å². The fourth-order valence-corrected chi connectivity index (χ4v) is 3.81. The Morgan fingerprint density at radius 3 is 2.71 bits per heavy atom. The Kier molecular flexibility index (Phi) is 5.74. The number of benzene rings is 2. The second-order valence-electron chi connectivity index (χ2n) is 7.24. The van der Waals surface area contributed by atoms with Crippen LogP contribution in [0.15, 0.2) is 63.8 Å². The van der Waals surface area contributed by atoms with Crippen LogP contribution in [-0.4, -0.2) is 31.3 Å². The summed E-state index contributed by atoms with van der Waals surface area (Å²) in [5, 5.41) is 0.936. The monoisotopic (exact) mass is 379 g/mol. The molecule has 1 saturated heterocycles. The molecule has 0 amide bonds. The SMILES string of the molecule is COc1ccc2c(CN(Cc3ccccc3)CC3CCCO3)cc(=O)oc2c1. The molecule has 5 nitrogen and oxygen atoms in total. The molecule has 28 heavy (non-hydrogen) atoms. The lowest BCUT2D eigenvalue weighted by molar-refractivity contribution is 0.0680. The van der Waals surface area contributed by atoms with Crippen molar-refractivity contribution in [3.63, 3.8) is 0 Å². The zero-order valence-electron chi connectivity index (χ0n) is 16.1. The zero-order valence-corrected chi connectivity index (χ0v) is 16.1. The Labute approximate surface area is 164 Å². The molecule has 0 aliphatic carbocycles. The lowest BCUT2D eigenvalue weighted by Gasteiger charge is -2.26. The van der Waals surface area contributed by atoms with Crippen LogP contribution in [0.2, 0.25) is 0 Å². The second-order valence-corrected chi connectivity index (χ2v) is 7.24. The van der Waals surface area contributed by atoms with Crippen molar-refractivity contribution in [1.29, 1.82) is 0 Å². The summed E-state index contributed by atoms with van der Waals surface area (Å²) in [5.74, 6) is 0.674. The third-order valence-electron chi connectivity index (χ3n) is 5.17. The van der Waals surface area contributed by atoms with E-state index in [1.807, 2.05) is 18.2 Å². The van der Waals surface area contributed by atoms with Gasteiger partial charge in [0.2, 0.25) is 0 Å². The van der Waals surface area contributed by atoms with Crippen molar-refractivity contribution in [2.75, 3.05) is 20.3 Å². The van der Waals surface area contributed by atoms with E-state index in [0.717, 1.165) is 43.5 Å². The van der Waals surface area contributed by atoms with Crippen LogP contribution in [0.5, 0.6) is 5.75 Å². The Morgan fingerprint density at radius 2 is 1.96 bits per heavy atom. The fraction of sp³-hybridized carbons (Fsp3) is 0.348. The number of rotatable bonds is 7. The van der Waals surface area contributed by atoms with Crippen LogP contribution in [0.4, 0.5) is 0 Å². The summed E-state index contributed by atoms with van der Waals surface area (Å²) in [6.45, 7) is 3.13. The summed E-state index contributed by atoms with van der Waals surface area (Å²) in [5.41, 5.74) is 2.42. The summed E-state index contributed by atoms with van der Waals surface area (Å²) in [4.78, 5) is 14.5. The van der Waals surface area contributed by atoms with E-state index in [1.165, 1.54) is 5.56 Å². The van der Waals surface area contributed by atoms with Gasteiger partial charge in [-0.15, -0.1) is 0 Å². The van der Waals surface area contributed by atoms with Gasteiger partial charge in [-0.1, -0.05) is 30.3 Å². The van der Waals surface area contributed by atoms with Crippen molar-refractivity contribution < 1.29 is 13.9 Å². The molecule has 0 N–H and O–H groups in total. The Balaban J connectivity index is 1.64. The molecular formula is C23H25NO4. The minimum Gasteiger partial charge on any atom is -0.497 e. The molecule has 0 saturated carbocycles. The predicted molar refractivity (Wildman–Crippen MR) is 109 cm³/mol. The third kappa shape index (κ3) is 4.43. The molecule has 2 aromatic carbocycles. The highest BCUT2D eigenvalue weighted by Gasteiger charge is 2.20. The van der Waals surface area contributed by atoms with Gasteiger partial charge in [0.1, 0.15) is 11.3 Å². The number of fused-ring (bicyclic) bond motifs is 1. The summed E-state index contributed by atoms with van der Waals surface area (Å²) < 4.78 is 16.5. The predicted octanol–water partition coefficient (Wildman–Crippen LogP) is 3.98. The van der Waals surface area contributed by atoms with Crippen LogP contribution in [0.3, 0.4) is 0 Å². The van der Waals surface area contributed by atoms with Gasteiger partial charge in [0, 0.05) is 43.8 Å². The number of hydrogen-bond donors (Lipinski definition) is 0. The highest BCUT2D eigenvalue weighted by molar-refractivity contribution is 5.81. The second kappa shape index (κ2) is 8.59. The summed E-state index contributed by atoms with van der Waals surface area (Å²) in [6, 6.07) is 17.6. The molecular weight excluding hydrogens is 354 g/mol. The number of nitrogens with zero attached hydrogens (tertiary/aromatic N) is 1.